The smallest absolute Gasteiger partial charge is 0.221 e. The zero-order chi connectivity index (χ0) is 15.5. The van der Waals surface area contributed by atoms with Gasteiger partial charge in [-0.1, -0.05) is 12.1 Å². The molecule has 1 aromatic carbocycles. The first-order chi connectivity index (χ1) is 10.2. The first kappa shape index (κ1) is 17.3. The summed E-state index contributed by atoms with van der Waals surface area (Å²) in [4.78, 5) is 11.5. The van der Waals surface area contributed by atoms with Crippen LogP contribution in [0.1, 0.15) is 12.0 Å². The van der Waals surface area contributed by atoms with Crippen molar-refractivity contribution in [2.45, 2.75) is 13.0 Å². The van der Waals surface area contributed by atoms with E-state index in [1.165, 1.54) is 0 Å². The molecule has 0 radical (unpaired) electrons. The highest BCUT2D eigenvalue weighted by atomic mass is 16.5. The van der Waals surface area contributed by atoms with Crippen LogP contribution in [0.5, 0.6) is 11.5 Å². The highest BCUT2D eigenvalue weighted by Crippen LogP contribution is 2.30. The Balaban J connectivity index is 2.34. The maximum atomic E-state index is 11.5. The number of ether oxygens (including phenoxy) is 3. The summed E-state index contributed by atoms with van der Waals surface area (Å²) in [6.07, 6.45) is 0.427. The monoisotopic (exact) mass is 296 g/mol. The molecule has 118 valence electrons. The number of methoxy groups -OCH3 is 3. The van der Waals surface area contributed by atoms with Crippen molar-refractivity contribution in [3.63, 3.8) is 0 Å². The predicted molar refractivity (Wildman–Crippen MR) is 80.8 cm³/mol. The maximum absolute atomic E-state index is 11.5. The van der Waals surface area contributed by atoms with Gasteiger partial charge in [-0.15, -0.1) is 0 Å². The molecule has 0 aliphatic rings. The molecule has 21 heavy (non-hydrogen) atoms. The normalized spacial score (nSPS) is 10.2. The third-order valence-corrected chi connectivity index (χ3v) is 2.96. The summed E-state index contributed by atoms with van der Waals surface area (Å²) < 4.78 is 15.5. The van der Waals surface area contributed by atoms with E-state index in [9.17, 15) is 4.79 Å². The van der Waals surface area contributed by atoms with Crippen molar-refractivity contribution < 1.29 is 19.0 Å². The van der Waals surface area contributed by atoms with Crippen LogP contribution < -0.4 is 20.1 Å². The molecule has 0 unspecified atom stereocenters. The lowest BCUT2D eigenvalue weighted by molar-refractivity contribution is -0.121. The van der Waals surface area contributed by atoms with Gasteiger partial charge in [-0.3, -0.25) is 4.79 Å². The number of rotatable bonds is 10. The average molecular weight is 296 g/mol. The molecule has 1 rings (SSSR count). The van der Waals surface area contributed by atoms with Gasteiger partial charge < -0.3 is 24.8 Å². The number of hydrogen-bond acceptors (Lipinski definition) is 5. The van der Waals surface area contributed by atoms with E-state index >= 15 is 0 Å². The van der Waals surface area contributed by atoms with E-state index in [4.69, 9.17) is 14.2 Å². The fraction of sp³-hybridized carbons (Fsp3) is 0.533. The molecule has 0 saturated carbocycles. The third kappa shape index (κ3) is 6.01. The summed E-state index contributed by atoms with van der Waals surface area (Å²) in [5.41, 5.74) is 0.997. The quantitative estimate of drug-likeness (QED) is 0.629. The number of carbonyl (C=O) groups excluding carboxylic acids is 1. The minimum atomic E-state index is 0.0113. The molecule has 0 atom stereocenters. The molecule has 2 N–H and O–H groups in total. The largest absolute Gasteiger partial charge is 0.493 e. The second kappa shape index (κ2) is 10.0. The van der Waals surface area contributed by atoms with Crippen LogP contribution in [0.2, 0.25) is 0 Å². The van der Waals surface area contributed by atoms with E-state index in [1.807, 2.05) is 18.2 Å². The molecular formula is C15H24N2O4. The average Bonchev–Trinajstić information content (AvgIpc) is 2.51. The maximum Gasteiger partial charge on any atom is 0.221 e. The topological polar surface area (TPSA) is 68.8 Å². The van der Waals surface area contributed by atoms with Crippen LogP contribution in [0, 0.1) is 0 Å². The van der Waals surface area contributed by atoms with Crippen molar-refractivity contribution in [2.24, 2.45) is 0 Å². The zero-order valence-corrected chi connectivity index (χ0v) is 12.9. The van der Waals surface area contributed by atoms with Crippen LogP contribution in [0.15, 0.2) is 18.2 Å². The van der Waals surface area contributed by atoms with Crippen molar-refractivity contribution in [3.8, 4) is 11.5 Å². The van der Waals surface area contributed by atoms with E-state index in [2.05, 4.69) is 10.6 Å². The number of amides is 1. The number of nitrogens with one attached hydrogen (secondary N) is 2. The van der Waals surface area contributed by atoms with Crippen molar-refractivity contribution >= 4 is 5.91 Å². The highest BCUT2D eigenvalue weighted by Gasteiger charge is 2.09. The van der Waals surface area contributed by atoms with Gasteiger partial charge in [0.05, 0.1) is 20.8 Å². The molecular weight excluding hydrogens is 272 g/mol. The Bertz CT molecular complexity index is 438. The molecule has 0 aromatic heterocycles. The van der Waals surface area contributed by atoms with Gasteiger partial charge in [-0.2, -0.15) is 0 Å². The molecule has 0 bridgehead atoms. The van der Waals surface area contributed by atoms with Crippen LogP contribution in [0.25, 0.3) is 0 Å². The Labute approximate surface area is 125 Å². The standard InChI is InChI=1S/C15H24N2O4/c1-19-10-9-17-14(18)7-8-16-11-12-5-4-6-13(20-2)15(12)21-3/h4-6,16H,7-11H2,1-3H3,(H,17,18). The summed E-state index contributed by atoms with van der Waals surface area (Å²) in [5.74, 6) is 1.43. The Kier molecular flexibility index (Phi) is 8.23. The van der Waals surface area contributed by atoms with Crippen molar-refractivity contribution in [1.82, 2.24) is 10.6 Å². The highest BCUT2D eigenvalue weighted by molar-refractivity contribution is 5.76. The second-order valence-corrected chi connectivity index (χ2v) is 4.42. The van der Waals surface area contributed by atoms with Gasteiger partial charge in [0.15, 0.2) is 11.5 Å². The van der Waals surface area contributed by atoms with E-state index in [1.54, 1.807) is 21.3 Å². The Morgan fingerprint density at radius 2 is 1.95 bits per heavy atom. The summed E-state index contributed by atoms with van der Waals surface area (Å²) in [6.45, 7) is 2.28. The van der Waals surface area contributed by atoms with E-state index in [-0.39, 0.29) is 5.91 Å². The summed E-state index contributed by atoms with van der Waals surface area (Å²) >= 11 is 0. The molecule has 6 heteroatoms. The summed E-state index contributed by atoms with van der Waals surface area (Å²) in [6, 6.07) is 5.73. The fourth-order valence-corrected chi connectivity index (χ4v) is 1.90. The Morgan fingerprint density at radius 1 is 1.14 bits per heavy atom. The summed E-state index contributed by atoms with van der Waals surface area (Å²) in [5, 5.41) is 6.00. The van der Waals surface area contributed by atoms with Gasteiger partial charge in [0.1, 0.15) is 0 Å². The number of para-hydroxylation sites is 1. The number of carbonyl (C=O) groups is 1. The molecule has 0 heterocycles. The summed E-state index contributed by atoms with van der Waals surface area (Å²) in [7, 11) is 4.83. The molecule has 0 saturated heterocycles. The predicted octanol–water partition coefficient (Wildman–Crippen LogP) is 0.946. The van der Waals surface area contributed by atoms with Gasteiger partial charge >= 0.3 is 0 Å². The second-order valence-electron chi connectivity index (χ2n) is 4.42. The number of hydrogen-bond donors (Lipinski definition) is 2. The van der Waals surface area contributed by atoms with Gasteiger partial charge in [-0.05, 0) is 6.07 Å². The fourth-order valence-electron chi connectivity index (χ4n) is 1.90. The SMILES string of the molecule is COCCNC(=O)CCNCc1cccc(OC)c1OC. The molecule has 0 aliphatic carbocycles. The van der Waals surface area contributed by atoms with Crippen LogP contribution in [0.3, 0.4) is 0 Å². The van der Waals surface area contributed by atoms with Crippen LogP contribution in [-0.4, -0.2) is 46.9 Å². The Hall–Kier alpha value is -1.79. The lowest BCUT2D eigenvalue weighted by Gasteiger charge is -2.13. The lowest BCUT2D eigenvalue weighted by atomic mass is 10.2. The van der Waals surface area contributed by atoms with E-state index in [0.29, 0.717) is 38.4 Å². The molecule has 6 nitrogen and oxygen atoms in total. The van der Waals surface area contributed by atoms with Crippen LogP contribution in [0.4, 0.5) is 0 Å². The van der Waals surface area contributed by atoms with Gasteiger partial charge in [0, 0.05) is 38.7 Å². The number of benzene rings is 1. The van der Waals surface area contributed by atoms with E-state index < -0.39 is 0 Å². The first-order valence-electron chi connectivity index (χ1n) is 6.89. The van der Waals surface area contributed by atoms with Crippen molar-refractivity contribution in [1.29, 1.82) is 0 Å². The molecule has 0 aliphatic heterocycles. The van der Waals surface area contributed by atoms with Gasteiger partial charge in [-0.25, -0.2) is 0 Å². The molecule has 0 spiro atoms. The minimum absolute atomic E-state index is 0.0113. The van der Waals surface area contributed by atoms with Crippen LogP contribution in [-0.2, 0) is 16.1 Å². The lowest BCUT2D eigenvalue weighted by Crippen LogP contribution is -2.30. The molecule has 0 fully saturated rings. The zero-order valence-electron chi connectivity index (χ0n) is 12.9. The molecule has 1 aromatic rings. The van der Waals surface area contributed by atoms with Crippen molar-refractivity contribution in [3.05, 3.63) is 23.8 Å². The van der Waals surface area contributed by atoms with E-state index in [0.717, 1.165) is 11.3 Å². The third-order valence-electron chi connectivity index (χ3n) is 2.96. The minimum Gasteiger partial charge on any atom is -0.493 e. The first-order valence-corrected chi connectivity index (χ1v) is 6.89. The van der Waals surface area contributed by atoms with Crippen LogP contribution >= 0.6 is 0 Å². The van der Waals surface area contributed by atoms with Gasteiger partial charge in [0.2, 0.25) is 5.91 Å². The molecule has 1 amide bonds. The Morgan fingerprint density at radius 3 is 2.62 bits per heavy atom. The van der Waals surface area contributed by atoms with Gasteiger partial charge in [0.25, 0.3) is 0 Å². The van der Waals surface area contributed by atoms with Crippen molar-refractivity contribution in [2.75, 3.05) is 41.0 Å².